The Morgan fingerprint density at radius 1 is 1.46 bits per heavy atom. The van der Waals surface area contributed by atoms with Crippen molar-refractivity contribution in [2.24, 2.45) is 0 Å². The van der Waals surface area contributed by atoms with E-state index in [1.807, 2.05) is 13.8 Å². The Labute approximate surface area is 172 Å². The van der Waals surface area contributed by atoms with Gasteiger partial charge in [-0.25, -0.2) is 9.78 Å². The minimum atomic E-state index is -0.426. The lowest BCUT2D eigenvalue weighted by Gasteiger charge is -2.14. The molecule has 7 nitrogen and oxygen atoms in total. The number of imidazole rings is 1. The van der Waals surface area contributed by atoms with Gasteiger partial charge in [-0.05, 0) is 45.1 Å². The normalized spacial score (nSPS) is 16.3. The number of rotatable bonds is 8. The predicted molar refractivity (Wildman–Crippen MR) is 110 cm³/mol. The summed E-state index contributed by atoms with van der Waals surface area (Å²) >= 11 is 2.70. The molecule has 28 heavy (non-hydrogen) atoms. The van der Waals surface area contributed by atoms with Gasteiger partial charge in [0.15, 0.2) is 5.16 Å². The van der Waals surface area contributed by atoms with E-state index in [-0.39, 0.29) is 17.8 Å². The molecule has 0 aromatic carbocycles. The van der Waals surface area contributed by atoms with Gasteiger partial charge in [-0.3, -0.25) is 4.79 Å². The van der Waals surface area contributed by atoms with Crippen LogP contribution < -0.4 is 5.32 Å². The van der Waals surface area contributed by atoms with Gasteiger partial charge in [0.05, 0.1) is 36.3 Å². The summed E-state index contributed by atoms with van der Waals surface area (Å²) in [6, 6.07) is 1.66. The lowest BCUT2D eigenvalue weighted by atomic mass is 10.2. The van der Waals surface area contributed by atoms with Crippen LogP contribution in [0.4, 0.5) is 5.00 Å². The zero-order valence-electron chi connectivity index (χ0n) is 16.3. The summed E-state index contributed by atoms with van der Waals surface area (Å²) in [6.45, 7) is 7.63. The van der Waals surface area contributed by atoms with Crippen LogP contribution in [0.3, 0.4) is 0 Å². The molecule has 1 aliphatic heterocycles. The molecule has 3 rings (SSSR count). The number of aromatic nitrogens is 2. The number of esters is 1. The number of hydrogen-bond donors (Lipinski definition) is 1. The van der Waals surface area contributed by atoms with E-state index in [1.165, 1.54) is 23.1 Å². The van der Waals surface area contributed by atoms with Crippen molar-refractivity contribution < 1.29 is 19.1 Å². The minimum absolute atomic E-state index is 0.181. The van der Waals surface area contributed by atoms with Crippen molar-refractivity contribution in [2.75, 3.05) is 24.3 Å². The van der Waals surface area contributed by atoms with E-state index in [0.717, 1.165) is 42.5 Å². The topological polar surface area (TPSA) is 82.5 Å². The van der Waals surface area contributed by atoms with E-state index in [2.05, 4.69) is 14.9 Å². The van der Waals surface area contributed by atoms with Crippen LogP contribution in [0.15, 0.2) is 16.6 Å². The molecule has 0 saturated carbocycles. The first-order valence-electron chi connectivity index (χ1n) is 9.32. The second-order valence-corrected chi connectivity index (χ2v) is 8.39. The Balaban J connectivity index is 1.61. The smallest absolute Gasteiger partial charge is 0.341 e. The van der Waals surface area contributed by atoms with Crippen LogP contribution in [0.5, 0.6) is 0 Å². The summed E-state index contributed by atoms with van der Waals surface area (Å²) in [5.74, 6) is -0.397. The van der Waals surface area contributed by atoms with E-state index in [9.17, 15) is 9.59 Å². The molecule has 1 aliphatic rings. The van der Waals surface area contributed by atoms with Crippen LogP contribution in [0.25, 0.3) is 0 Å². The average Bonchev–Trinajstić information content (AvgIpc) is 3.39. The van der Waals surface area contributed by atoms with Gasteiger partial charge in [0.2, 0.25) is 5.91 Å². The first-order valence-corrected chi connectivity index (χ1v) is 11.2. The van der Waals surface area contributed by atoms with Crippen molar-refractivity contribution in [3.63, 3.8) is 0 Å². The summed E-state index contributed by atoms with van der Waals surface area (Å²) in [5.41, 5.74) is 2.45. The highest BCUT2D eigenvalue weighted by molar-refractivity contribution is 7.99. The number of thiophene rings is 1. The lowest BCUT2D eigenvalue weighted by molar-refractivity contribution is -0.113. The average molecular weight is 424 g/mol. The fraction of sp³-hybridized carbons (Fsp3) is 0.526. The van der Waals surface area contributed by atoms with E-state index in [4.69, 9.17) is 9.47 Å². The molecule has 1 N–H and O–H groups in total. The Bertz CT molecular complexity index is 840. The Morgan fingerprint density at radius 2 is 2.29 bits per heavy atom. The molecule has 2 aromatic rings. The molecule has 9 heteroatoms. The van der Waals surface area contributed by atoms with Gasteiger partial charge in [-0.1, -0.05) is 11.8 Å². The quantitative estimate of drug-likeness (QED) is 0.516. The molecule has 2 aromatic heterocycles. The fourth-order valence-corrected chi connectivity index (χ4v) is 4.70. The van der Waals surface area contributed by atoms with Gasteiger partial charge in [-0.2, -0.15) is 0 Å². The molecule has 0 radical (unpaired) electrons. The van der Waals surface area contributed by atoms with Crippen molar-refractivity contribution in [3.8, 4) is 0 Å². The summed E-state index contributed by atoms with van der Waals surface area (Å²) in [6.07, 6.45) is 2.35. The molecule has 0 bridgehead atoms. The standard InChI is InChI=1S/C19H25N3O4S2/c1-4-25-18(24)15-7-9-27-17(15)21-16(23)11-28-19-20-12(2)13(3)22(19)10-14-6-5-8-26-14/h7,9,14H,4-6,8,10-11H2,1-3H3,(H,21,23). The Hall–Kier alpha value is -1.84. The molecule has 1 atom stereocenters. The molecule has 1 fully saturated rings. The van der Waals surface area contributed by atoms with Gasteiger partial charge in [0.25, 0.3) is 0 Å². The summed E-state index contributed by atoms with van der Waals surface area (Å²) in [7, 11) is 0. The number of ether oxygens (including phenoxy) is 2. The molecular formula is C19H25N3O4S2. The van der Waals surface area contributed by atoms with Crippen molar-refractivity contribution in [2.45, 2.75) is 51.4 Å². The van der Waals surface area contributed by atoms with Crippen molar-refractivity contribution in [1.29, 1.82) is 0 Å². The summed E-state index contributed by atoms with van der Waals surface area (Å²) < 4.78 is 12.9. The van der Waals surface area contributed by atoms with Crippen LogP contribution in [0.1, 0.15) is 41.5 Å². The molecule has 0 aliphatic carbocycles. The third-order valence-electron chi connectivity index (χ3n) is 4.58. The zero-order valence-corrected chi connectivity index (χ0v) is 18.0. The van der Waals surface area contributed by atoms with Crippen molar-refractivity contribution in [3.05, 3.63) is 28.4 Å². The van der Waals surface area contributed by atoms with E-state index in [0.29, 0.717) is 17.2 Å². The second-order valence-electron chi connectivity index (χ2n) is 6.53. The SMILES string of the molecule is CCOC(=O)c1ccsc1NC(=O)CSc1nc(C)c(C)n1CC1CCCO1. The van der Waals surface area contributed by atoms with Gasteiger partial charge in [-0.15, -0.1) is 11.3 Å². The molecular weight excluding hydrogens is 398 g/mol. The maximum absolute atomic E-state index is 12.4. The lowest BCUT2D eigenvalue weighted by Crippen LogP contribution is -2.18. The Kier molecular flexibility index (Phi) is 7.14. The number of carbonyl (C=O) groups excluding carboxylic acids is 2. The molecule has 1 saturated heterocycles. The maximum atomic E-state index is 12.4. The number of carbonyl (C=O) groups is 2. The maximum Gasteiger partial charge on any atom is 0.341 e. The molecule has 1 amide bonds. The molecule has 152 valence electrons. The first kappa shape index (κ1) is 20.9. The molecule has 0 spiro atoms. The number of aryl methyl sites for hydroxylation is 1. The van der Waals surface area contributed by atoms with Crippen LogP contribution in [-0.2, 0) is 20.8 Å². The number of nitrogens with one attached hydrogen (secondary N) is 1. The van der Waals surface area contributed by atoms with E-state index >= 15 is 0 Å². The van der Waals surface area contributed by atoms with Crippen LogP contribution >= 0.6 is 23.1 Å². The third-order valence-corrected chi connectivity index (χ3v) is 6.39. The van der Waals surface area contributed by atoms with Gasteiger partial charge in [0.1, 0.15) is 5.00 Å². The molecule has 1 unspecified atom stereocenters. The van der Waals surface area contributed by atoms with Gasteiger partial charge in [0, 0.05) is 12.3 Å². The minimum Gasteiger partial charge on any atom is -0.462 e. The first-order chi connectivity index (χ1) is 13.5. The summed E-state index contributed by atoms with van der Waals surface area (Å²) in [4.78, 5) is 29.0. The zero-order chi connectivity index (χ0) is 20.1. The fourth-order valence-electron chi connectivity index (χ4n) is 3.01. The number of anilines is 1. The van der Waals surface area contributed by atoms with Gasteiger partial charge >= 0.3 is 5.97 Å². The van der Waals surface area contributed by atoms with Crippen LogP contribution in [0.2, 0.25) is 0 Å². The largest absolute Gasteiger partial charge is 0.462 e. The van der Waals surface area contributed by atoms with Crippen LogP contribution in [0, 0.1) is 13.8 Å². The van der Waals surface area contributed by atoms with E-state index in [1.54, 1.807) is 18.4 Å². The molecule has 3 heterocycles. The monoisotopic (exact) mass is 423 g/mol. The number of amides is 1. The third kappa shape index (κ3) is 4.95. The number of thioether (sulfide) groups is 1. The second kappa shape index (κ2) is 9.58. The summed E-state index contributed by atoms with van der Waals surface area (Å²) in [5, 5.41) is 5.90. The van der Waals surface area contributed by atoms with Crippen molar-refractivity contribution >= 4 is 40.0 Å². The number of nitrogens with zero attached hydrogens (tertiary/aromatic N) is 2. The van der Waals surface area contributed by atoms with Gasteiger partial charge < -0.3 is 19.4 Å². The predicted octanol–water partition coefficient (Wildman–Crippen LogP) is 3.65. The van der Waals surface area contributed by atoms with Crippen LogP contribution in [-0.4, -0.2) is 46.5 Å². The number of hydrogen-bond acceptors (Lipinski definition) is 7. The highest BCUT2D eigenvalue weighted by Gasteiger charge is 2.21. The van der Waals surface area contributed by atoms with E-state index < -0.39 is 5.97 Å². The Morgan fingerprint density at radius 3 is 3.00 bits per heavy atom. The highest BCUT2D eigenvalue weighted by atomic mass is 32.2. The van der Waals surface area contributed by atoms with Crippen molar-refractivity contribution in [1.82, 2.24) is 9.55 Å². The highest BCUT2D eigenvalue weighted by Crippen LogP contribution is 2.27.